The zero-order valence-corrected chi connectivity index (χ0v) is 18.1. The first-order valence-corrected chi connectivity index (χ1v) is 11.3. The van der Waals surface area contributed by atoms with Gasteiger partial charge in [-0.2, -0.15) is 0 Å². The summed E-state index contributed by atoms with van der Waals surface area (Å²) in [4.78, 5) is 14.9. The zero-order valence-electron chi connectivity index (χ0n) is 18.1. The van der Waals surface area contributed by atoms with Crippen LogP contribution in [0.15, 0.2) is 42.5 Å². The van der Waals surface area contributed by atoms with Crippen LogP contribution in [-0.4, -0.2) is 37.2 Å². The summed E-state index contributed by atoms with van der Waals surface area (Å²) in [6, 6.07) is 15.0. The van der Waals surface area contributed by atoms with Gasteiger partial charge in [0.15, 0.2) is 0 Å². The smallest absolute Gasteiger partial charge is 0.222 e. The van der Waals surface area contributed by atoms with E-state index in [-0.39, 0.29) is 5.91 Å². The van der Waals surface area contributed by atoms with Gasteiger partial charge in [-0.3, -0.25) is 4.79 Å². The molecule has 1 saturated carbocycles. The van der Waals surface area contributed by atoms with Crippen molar-refractivity contribution >= 4 is 5.91 Å². The van der Waals surface area contributed by atoms with Crippen molar-refractivity contribution in [1.29, 1.82) is 0 Å². The van der Waals surface area contributed by atoms with Gasteiger partial charge in [0.1, 0.15) is 12.4 Å². The van der Waals surface area contributed by atoms with Crippen molar-refractivity contribution < 1.29 is 14.3 Å². The van der Waals surface area contributed by atoms with E-state index in [1.807, 2.05) is 4.90 Å². The molecular weight excluding hydrogens is 374 g/mol. The molecule has 0 aromatic heterocycles. The summed E-state index contributed by atoms with van der Waals surface area (Å²) >= 11 is 0. The Morgan fingerprint density at radius 3 is 2.77 bits per heavy atom. The third-order valence-electron chi connectivity index (χ3n) is 6.31. The fourth-order valence-electron chi connectivity index (χ4n) is 4.31. The molecule has 4 nitrogen and oxygen atoms in total. The predicted octanol–water partition coefficient (Wildman–Crippen LogP) is 4.90. The third kappa shape index (κ3) is 5.63. The van der Waals surface area contributed by atoms with E-state index in [1.54, 1.807) is 0 Å². The van der Waals surface area contributed by atoms with Crippen molar-refractivity contribution in [2.45, 2.75) is 52.0 Å². The Labute approximate surface area is 180 Å². The lowest BCUT2D eigenvalue weighted by molar-refractivity contribution is -0.133. The Bertz CT molecular complexity index is 859. The molecule has 1 aliphatic heterocycles. The number of nitrogens with zero attached hydrogens (tertiary/aromatic N) is 1. The number of fused-ring (bicyclic) bond motifs is 3. The average molecular weight is 408 g/mol. The molecule has 0 saturated heterocycles. The van der Waals surface area contributed by atoms with Crippen LogP contribution in [0, 0.1) is 12.8 Å². The first kappa shape index (κ1) is 20.9. The number of carbonyl (C=O) groups excluding carboxylic acids is 1. The van der Waals surface area contributed by atoms with Gasteiger partial charge in [0.25, 0.3) is 0 Å². The van der Waals surface area contributed by atoms with E-state index >= 15 is 0 Å². The molecule has 1 fully saturated rings. The molecule has 2 aliphatic rings. The number of hydrogen-bond donors (Lipinski definition) is 0. The van der Waals surface area contributed by atoms with Gasteiger partial charge in [-0.15, -0.1) is 0 Å². The minimum Gasteiger partial charge on any atom is -0.491 e. The molecule has 4 heteroatoms. The Kier molecular flexibility index (Phi) is 7.06. The quantitative estimate of drug-likeness (QED) is 0.726. The average Bonchev–Trinajstić information content (AvgIpc) is 2.69. The number of amides is 1. The summed E-state index contributed by atoms with van der Waals surface area (Å²) in [6.07, 6.45) is 6.41. The van der Waals surface area contributed by atoms with E-state index in [4.69, 9.17) is 9.47 Å². The summed E-state index contributed by atoms with van der Waals surface area (Å²) in [5, 5.41) is 0. The molecule has 2 bridgehead atoms. The number of rotatable bonds is 3. The number of hydrogen-bond acceptors (Lipinski definition) is 3. The molecule has 0 spiro atoms. The van der Waals surface area contributed by atoms with Gasteiger partial charge in [0.2, 0.25) is 5.91 Å². The van der Waals surface area contributed by atoms with E-state index < -0.39 is 0 Å². The highest BCUT2D eigenvalue weighted by molar-refractivity contribution is 5.76. The lowest BCUT2D eigenvalue weighted by atomic mass is 9.82. The highest BCUT2D eigenvalue weighted by Gasteiger charge is 2.21. The van der Waals surface area contributed by atoms with Crippen LogP contribution in [0.4, 0.5) is 0 Å². The molecule has 0 N–H and O–H groups in total. The van der Waals surface area contributed by atoms with E-state index in [1.165, 1.54) is 41.5 Å². The molecule has 1 aliphatic carbocycles. The van der Waals surface area contributed by atoms with Crippen LogP contribution in [0.5, 0.6) is 5.75 Å². The molecule has 2 aromatic carbocycles. The maximum atomic E-state index is 12.9. The van der Waals surface area contributed by atoms with Gasteiger partial charge in [-0.1, -0.05) is 61.2 Å². The number of ether oxygens (including phenoxy) is 2. The molecule has 1 amide bonds. The maximum Gasteiger partial charge on any atom is 0.222 e. The SMILES string of the molecule is Cc1ccc2c(c1)Cc1cccc(c1)CN(C(=O)CCC1CCC1)CCOCCO2. The van der Waals surface area contributed by atoms with Crippen LogP contribution in [-0.2, 0) is 22.5 Å². The molecule has 160 valence electrons. The molecule has 30 heavy (non-hydrogen) atoms. The van der Waals surface area contributed by atoms with Gasteiger partial charge < -0.3 is 14.4 Å². The van der Waals surface area contributed by atoms with Gasteiger partial charge in [0.05, 0.1) is 13.2 Å². The molecule has 1 heterocycles. The molecule has 0 radical (unpaired) electrons. The summed E-state index contributed by atoms with van der Waals surface area (Å²) in [5.41, 5.74) is 4.85. The van der Waals surface area contributed by atoms with Crippen molar-refractivity contribution in [3.05, 3.63) is 64.7 Å². The lowest BCUT2D eigenvalue weighted by Gasteiger charge is -2.27. The van der Waals surface area contributed by atoms with Crippen molar-refractivity contribution in [2.24, 2.45) is 5.92 Å². The van der Waals surface area contributed by atoms with E-state index in [2.05, 4.69) is 49.4 Å². The van der Waals surface area contributed by atoms with Crippen LogP contribution in [0.2, 0.25) is 0 Å². The second-order valence-electron chi connectivity index (χ2n) is 8.72. The van der Waals surface area contributed by atoms with E-state index in [0.29, 0.717) is 39.3 Å². The summed E-state index contributed by atoms with van der Waals surface area (Å²) in [5.74, 6) is 1.94. The Morgan fingerprint density at radius 1 is 1.07 bits per heavy atom. The third-order valence-corrected chi connectivity index (χ3v) is 6.31. The fourth-order valence-corrected chi connectivity index (χ4v) is 4.31. The fraction of sp³-hybridized carbons (Fsp3) is 0.500. The molecular formula is C26H33NO3. The van der Waals surface area contributed by atoms with Crippen LogP contribution < -0.4 is 4.74 Å². The monoisotopic (exact) mass is 407 g/mol. The van der Waals surface area contributed by atoms with Crippen molar-refractivity contribution in [3.8, 4) is 5.75 Å². The largest absolute Gasteiger partial charge is 0.491 e. The summed E-state index contributed by atoms with van der Waals surface area (Å²) < 4.78 is 11.8. The molecule has 0 atom stereocenters. The van der Waals surface area contributed by atoms with Crippen LogP contribution in [0.25, 0.3) is 0 Å². The van der Waals surface area contributed by atoms with Crippen molar-refractivity contribution in [3.63, 3.8) is 0 Å². The zero-order chi connectivity index (χ0) is 20.8. The number of aryl methyl sites for hydroxylation is 1. The molecule has 4 rings (SSSR count). The summed E-state index contributed by atoms with van der Waals surface area (Å²) in [7, 11) is 0. The standard InChI is InChI=1S/C26H33NO3/c1-20-8-10-25-24(16-20)18-22-6-3-7-23(17-22)19-27(12-13-29-14-15-30-25)26(28)11-9-21-4-2-5-21/h3,6-8,10,16-17,21H,2,4-5,9,11-15,18-19H2,1H3. The van der Waals surface area contributed by atoms with Crippen LogP contribution in [0.1, 0.15) is 54.4 Å². The van der Waals surface area contributed by atoms with Gasteiger partial charge in [-0.25, -0.2) is 0 Å². The van der Waals surface area contributed by atoms with Gasteiger partial charge in [0, 0.05) is 25.9 Å². The minimum absolute atomic E-state index is 0.250. The second-order valence-corrected chi connectivity index (χ2v) is 8.72. The van der Waals surface area contributed by atoms with Gasteiger partial charge in [-0.05, 0) is 42.0 Å². The predicted molar refractivity (Wildman–Crippen MR) is 119 cm³/mol. The number of benzene rings is 2. The molecule has 0 unspecified atom stereocenters. The number of carbonyl (C=O) groups is 1. The Morgan fingerprint density at radius 2 is 1.93 bits per heavy atom. The summed E-state index contributed by atoms with van der Waals surface area (Å²) in [6.45, 7) is 4.98. The maximum absolute atomic E-state index is 12.9. The normalized spacial score (nSPS) is 18.0. The van der Waals surface area contributed by atoms with Crippen LogP contribution in [0.3, 0.4) is 0 Å². The Balaban J connectivity index is 1.51. The molecule has 2 aromatic rings. The Hall–Kier alpha value is -2.33. The first-order valence-electron chi connectivity index (χ1n) is 11.3. The van der Waals surface area contributed by atoms with Crippen molar-refractivity contribution in [1.82, 2.24) is 4.90 Å². The highest BCUT2D eigenvalue weighted by Crippen LogP contribution is 2.30. The highest BCUT2D eigenvalue weighted by atomic mass is 16.5. The second kappa shape index (κ2) is 10.1. The van der Waals surface area contributed by atoms with Crippen LogP contribution >= 0.6 is 0 Å². The lowest BCUT2D eigenvalue weighted by Crippen LogP contribution is -2.34. The van der Waals surface area contributed by atoms with Gasteiger partial charge >= 0.3 is 0 Å². The minimum atomic E-state index is 0.250. The topological polar surface area (TPSA) is 38.8 Å². The van der Waals surface area contributed by atoms with E-state index in [0.717, 1.165) is 24.5 Å². The van der Waals surface area contributed by atoms with Crippen molar-refractivity contribution in [2.75, 3.05) is 26.4 Å². The van der Waals surface area contributed by atoms with E-state index in [9.17, 15) is 4.79 Å². The first-order chi connectivity index (χ1) is 14.7.